The Morgan fingerprint density at radius 2 is 1.88 bits per heavy atom. The molecule has 4 rings (SSSR count). The molecule has 8 nitrogen and oxygen atoms in total. The minimum Gasteiger partial charge on any atom is -0.490 e. The molecule has 0 saturated carbocycles. The van der Waals surface area contributed by atoms with Gasteiger partial charge in [0.1, 0.15) is 17.7 Å². The number of fused-ring (bicyclic) bond motifs is 1. The Morgan fingerprint density at radius 1 is 1.15 bits per heavy atom. The fourth-order valence-corrected chi connectivity index (χ4v) is 5.71. The molecule has 0 aliphatic heterocycles. The lowest BCUT2D eigenvalue weighted by Crippen LogP contribution is -2.29. The van der Waals surface area contributed by atoms with Crippen molar-refractivity contribution in [3.05, 3.63) is 101 Å². The van der Waals surface area contributed by atoms with E-state index < -0.39 is 10.0 Å². The Kier molecular flexibility index (Phi) is 11.2. The van der Waals surface area contributed by atoms with E-state index in [2.05, 4.69) is 41.2 Å². The fraction of sp³-hybridized carbons (Fsp3) is 0.312. The summed E-state index contributed by atoms with van der Waals surface area (Å²) in [7, 11) is -0.253. The largest absolute Gasteiger partial charge is 0.490 e. The maximum absolute atomic E-state index is 11.7. The molecule has 3 aromatic carbocycles. The number of hydrogen-bond acceptors (Lipinski definition) is 6. The SMILES string of the molecule is C=C(NC(=NC)c1ccc(OC(C)C)c(C#N)c1)c1cccc2c1CCC2.CN(CCO)S(=O)(=O)c1ccccc1. The number of aryl methyl sites for hydroxylation is 1. The van der Waals surface area contributed by atoms with Crippen molar-refractivity contribution in [2.24, 2.45) is 4.99 Å². The normalized spacial score (nSPS) is 12.8. The summed E-state index contributed by atoms with van der Waals surface area (Å²) in [5.74, 6) is 1.27. The van der Waals surface area contributed by atoms with Gasteiger partial charge in [-0.3, -0.25) is 4.99 Å². The van der Waals surface area contributed by atoms with E-state index in [1.165, 1.54) is 36.7 Å². The lowest BCUT2D eigenvalue weighted by molar-refractivity contribution is 0.241. The first-order chi connectivity index (χ1) is 19.6. The molecule has 3 aromatic rings. The second-order valence-corrected chi connectivity index (χ2v) is 11.9. The van der Waals surface area contributed by atoms with Crippen molar-refractivity contribution < 1.29 is 18.3 Å². The van der Waals surface area contributed by atoms with Crippen LogP contribution in [0.5, 0.6) is 5.75 Å². The predicted molar refractivity (Wildman–Crippen MR) is 163 cm³/mol. The summed E-state index contributed by atoms with van der Waals surface area (Å²) in [5.41, 5.74) is 6.09. The van der Waals surface area contributed by atoms with E-state index >= 15 is 0 Å². The monoisotopic (exact) mass is 574 g/mol. The van der Waals surface area contributed by atoms with Crippen molar-refractivity contribution >= 4 is 21.6 Å². The average molecular weight is 575 g/mol. The number of rotatable bonds is 9. The number of likely N-dealkylation sites (N-methyl/N-ethyl adjacent to an activating group) is 1. The second-order valence-electron chi connectivity index (χ2n) is 9.83. The van der Waals surface area contributed by atoms with Crippen molar-refractivity contribution in [2.45, 2.75) is 44.1 Å². The van der Waals surface area contributed by atoms with Crippen LogP contribution in [-0.2, 0) is 22.9 Å². The number of sulfonamides is 1. The van der Waals surface area contributed by atoms with Crippen LogP contribution in [0.1, 0.15) is 48.1 Å². The Balaban J connectivity index is 0.000000278. The van der Waals surface area contributed by atoms with E-state index in [0.29, 0.717) is 17.1 Å². The molecule has 1 aliphatic carbocycles. The molecule has 9 heteroatoms. The Bertz CT molecular complexity index is 1530. The van der Waals surface area contributed by atoms with E-state index in [1.54, 1.807) is 31.3 Å². The number of nitriles is 1. The van der Waals surface area contributed by atoms with Crippen LogP contribution >= 0.6 is 0 Å². The van der Waals surface area contributed by atoms with E-state index in [4.69, 9.17) is 9.84 Å². The third-order valence-electron chi connectivity index (χ3n) is 6.57. The molecule has 0 radical (unpaired) electrons. The second kappa shape index (κ2) is 14.6. The number of benzene rings is 3. The minimum atomic E-state index is -3.43. The minimum absolute atomic E-state index is 0.0142. The maximum Gasteiger partial charge on any atom is 0.242 e. The molecule has 0 unspecified atom stereocenters. The van der Waals surface area contributed by atoms with Crippen molar-refractivity contribution in [3.63, 3.8) is 0 Å². The number of aliphatic hydroxyl groups is 1. The smallest absolute Gasteiger partial charge is 0.242 e. The predicted octanol–water partition coefficient (Wildman–Crippen LogP) is 4.77. The molecule has 0 spiro atoms. The van der Waals surface area contributed by atoms with E-state index in [1.807, 2.05) is 26.0 Å². The van der Waals surface area contributed by atoms with Gasteiger partial charge in [-0.05, 0) is 74.6 Å². The molecular weight excluding hydrogens is 536 g/mol. The van der Waals surface area contributed by atoms with Gasteiger partial charge in [-0.15, -0.1) is 0 Å². The standard InChI is InChI=1S/C23H25N3O.C9H13NO3S/c1-15(2)27-22-12-11-18(13-19(22)14-24)23(25-4)26-16(3)20-9-5-7-17-8-6-10-21(17)20;1-10(7-8-11)14(12,13)9-5-3-2-4-6-9/h5,7,9,11-13,15H,3,6,8,10H2,1-2,4H3,(H,25,26);2-6,11H,7-8H2,1H3. The maximum atomic E-state index is 11.7. The zero-order chi connectivity index (χ0) is 30.0. The molecule has 0 aromatic heterocycles. The van der Waals surface area contributed by atoms with Crippen LogP contribution in [0.4, 0.5) is 0 Å². The molecule has 216 valence electrons. The number of nitrogens with zero attached hydrogens (tertiary/aromatic N) is 3. The first kappa shape index (κ1) is 31.6. The van der Waals surface area contributed by atoms with Gasteiger partial charge in [-0.25, -0.2) is 8.42 Å². The zero-order valence-electron chi connectivity index (χ0n) is 24.1. The van der Waals surface area contributed by atoms with Gasteiger partial charge in [0.15, 0.2) is 0 Å². The summed E-state index contributed by atoms with van der Waals surface area (Å²) in [6, 6.07) is 22.3. The van der Waals surface area contributed by atoms with Gasteiger partial charge in [-0.1, -0.05) is 43.0 Å². The molecule has 0 amide bonds. The van der Waals surface area contributed by atoms with E-state index in [0.717, 1.165) is 34.0 Å². The lowest BCUT2D eigenvalue weighted by atomic mass is 10.0. The number of ether oxygens (including phenoxy) is 1. The van der Waals surface area contributed by atoms with Crippen molar-refractivity contribution in [1.82, 2.24) is 9.62 Å². The quantitative estimate of drug-likeness (QED) is 0.281. The summed E-state index contributed by atoms with van der Waals surface area (Å²) in [5, 5.41) is 21.5. The number of aliphatic hydroxyl groups excluding tert-OH is 1. The summed E-state index contributed by atoms with van der Waals surface area (Å²) in [6.45, 7) is 8.05. The molecule has 0 heterocycles. The Morgan fingerprint density at radius 3 is 2.51 bits per heavy atom. The molecule has 0 saturated heterocycles. The third kappa shape index (κ3) is 8.04. The van der Waals surface area contributed by atoms with Crippen molar-refractivity contribution in [2.75, 3.05) is 27.2 Å². The third-order valence-corrected chi connectivity index (χ3v) is 8.44. The van der Waals surface area contributed by atoms with Gasteiger partial charge in [0, 0.05) is 37.5 Å². The number of nitrogens with one attached hydrogen (secondary N) is 1. The van der Waals surface area contributed by atoms with E-state index in [-0.39, 0.29) is 24.2 Å². The van der Waals surface area contributed by atoms with Crippen LogP contribution in [0, 0.1) is 11.3 Å². The first-order valence-corrected chi connectivity index (χ1v) is 14.9. The number of aliphatic imine (C=N–C) groups is 1. The van der Waals surface area contributed by atoms with Crippen molar-refractivity contribution in [1.29, 1.82) is 5.26 Å². The molecular formula is C32H38N4O4S. The van der Waals surface area contributed by atoms with Crippen LogP contribution in [-0.4, -0.2) is 57.0 Å². The van der Waals surface area contributed by atoms with Gasteiger partial charge in [0.05, 0.1) is 23.2 Å². The summed E-state index contributed by atoms with van der Waals surface area (Å²) >= 11 is 0. The van der Waals surface area contributed by atoms with Crippen molar-refractivity contribution in [3.8, 4) is 11.8 Å². The molecule has 0 atom stereocenters. The highest BCUT2D eigenvalue weighted by Crippen LogP contribution is 2.28. The molecule has 0 bridgehead atoms. The zero-order valence-corrected chi connectivity index (χ0v) is 24.9. The van der Waals surface area contributed by atoms with Gasteiger partial charge in [0.25, 0.3) is 0 Å². The van der Waals surface area contributed by atoms with E-state index in [9.17, 15) is 13.7 Å². The summed E-state index contributed by atoms with van der Waals surface area (Å²) in [4.78, 5) is 4.62. The highest BCUT2D eigenvalue weighted by molar-refractivity contribution is 7.89. The van der Waals surface area contributed by atoms with Crippen LogP contribution in [0.3, 0.4) is 0 Å². The highest BCUT2D eigenvalue weighted by Gasteiger charge is 2.19. The first-order valence-electron chi connectivity index (χ1n) is 13.5. The molecule has 41 heavy (non-hydrogen) atoms. The molecule has 0 fully saturated rings. The van der Waals surface area contributed by atoms with Gasteiger partial charge >= 0.3 is 0 Å². The highest BCUT2D eigenvalue weighted by atomic mass is 32.2. The number of amidine groups is 1. The summed E-state index contributed by atoms with van der Waals surface area (Å²) < 4.78 is 30.3. The number of hydrogen-bond donors (Lipinski definition) is 2. The molecule has 2 N–H and O–H groups in total. The molecule has 1 aliphatic rings. The van der Waals surface area contributed by atoms with Gasteiger partial charge in [-0.2, -0.15) is 9.57 Å². The lowest BCUT2D eigenvalue weighted by Gasteiger charge is -2.17. The van der Waals surface area contributed by atoms with Crippen LogP contribution in [0.15, 0.2) is 83.2 Å². The van der Waals surface area contributed by atoms with Crippen LogP contribution in [0.25, 0.3) is 5.70 Å². The Hall–Kier alpha value is -3.97. The summed E-state index contributed by atoms with van der Waals surface area (Å²) in [6.07, 6.45) is 3.43. The topological polar surface area (TPSA) is 115 Å². The van der Waals surface area contributed by atoms with Gasteiger partial charge < -0.3 is 15.2 Å². The fourth-order valence-electron chi connectivity index (χ4n) is 4.52. The average Bonchev–Trinajstić information content (AvgIpc) is 3.46. The Labute approximate surface area is 243 Å². The van der Waals surface area contributed by atoms with Crippen LogP contribution < -0.4 is 10.1 Å². The van der Waals surface area contributed by atoms with Gasteiger partial charge in [0.2, 0.25) is 10.0 Å². The van der Waals surface area contributed by atoms with Crippen LogP contribution in [0.2, 0.25) is 0 Å².